The van der Waals surface area contributed by atoms with Crippen molar-refractivity contribution in [3.8, 4) is 0 Å². The molecule has 0 atom stereocenters. The van der Waals surface area contributed by atoms with Gasteiger partial charge in [-0.25, -0.2) is 4.68 Å². The summed E-state index contributed by atoms with van der Waals surface area (Å²) in [6.07, 6.45) is 1.52. The van der Waals surface area contributed by atoms with E-state index in [-0.39, 0.29) is 25.4 Å². The maximum atomic E-state index is 11.9. The SMILES string of the molecule is CCN(CCC(=O)O)C(=O)Cn1nncc1C. The highest BCUT2D eigenvalue weighted by atomic mass is 16.4. The van der Waals surface area contributed by atoms with E-state index in [2.05, 4.69) is 10.3 Å². The summed E-state index contributed by atoms with van der Waals surface area (Å²) in [6, 6.07) is 0. The van der Waals surface area contributed by atoms with Gasteiger partial charge in [-0.15, -0.1) is 5.10 Å². The Balaban J connectivity index is 2.55. The van der Waals surface area contributed by atoms with Crippen molar-refractivity contribution in [1.82, 2.24) is 19.9 Å². The molecule has 1 N–H and O–H groups in total. The lowest BCUT2D eigenvalue weighted by Crippen LogP contribution is -2.35. The first-order valence-electron chi connectivity index (χ1n) is 5.39. The Morgan fingerprint density at radius 2 is 2.24 bits per heavy atom. The van der Waals surface area contributed by atoms with Crippen LogP contribution in [0.3, 0.4) is 0 Å². The Bertz CT molecular complexity index is 402. The van der Waals surface area contributed by atoms with Crippen LogP contribution >= 0.6 is 0 Å². The molecule has 1 rings (SSSR count). The van der Waals surface area contributed by atoms with Crippen molar-refractivity contribution in [2.75, 3.05) is 13.1 Å². The van der Waals surface area contributed by atoms with Crippen molar-refractivity contribution < 1.29 is 14.7 Å². The van der Waals surface area contributed by atoms with Gasteiger partial charge in [-0.05, 0) is 13.8 Å². The third kappa shape index (κ3) is 3.86. The highest BCUT2D eigenvalue weighted by molar-refractivity contribution is 5.76. The molecular formula is C10H16N4O3. The number of carboxylic acids is 1. The largest absolute Gasteiger partial charge is 0.481 e. The van der Waals surface area contributed by atoms with Crippen LogP contribution in [0.5, 0.6) is 0 Å². The fourth-order valence-corrected chi connectivity index (χ4v) is 1.38. The predicted octanol–water partition coefficient (Wildman–Crippen LogP) is -0.0903. The Labute approximate surface area is 99.0 Å². The Kier molecular flexibility index (Phi) is 4.62. The van der Waals surface area contributed by atoms with Crippen molar-refractivity contribution in [2.24, 2.45) is 0 Å². The molecular weight excluding hydrogens is 224 g/mol. The second-order valence-electron chi connectivity index (χ2n) is 3.65. The number of hydrogen-bond donors (Lipinski definition) is 1. The van der Waals surface area contributed by atoms with Gasteiger partial charge in [0.1, 0.15) is 6.54 Å². The van der Waals surface area contributed by atoms with E-state index in [1.54, 1.807) is 13.1 Å². The van der Waals surface area contributed by atoms with Gasteiger partial charge >= 0.3 is 5.97 Å². The van der Waals surface area contributed by atoms with E-state index in [0.29, 0.717) is 6.54 Å². The minimum absolute atomic E-state index is 0.0457. The minimum Gasteiger partial charge on any atom is -0.481 e. The van der Waals surface area contributed by atoms with Gasteiger partial charge in [0.25, 0.3) is 0 Å². The molecule has 0 aliphatic heterocycles. The lowest BCUT2D eigenvalue weighted by Gasteiger charge is -2.19. The molecule has 7 nitrogen and oxygen atoms in total. The topological polar surface area (TPSA) is 88.3 Å². The van der Waals surface area contributed by atoms with Crippen molar-refractivity contribution >= 4 is 11.9 Å². The smallest absolute Gasteiger partial charge is 0.305 e. The first-order valence-corrected chi connectivity index (χ1v) is 5.39. The molecule has 0 fully saturated rings. The fourth-order valence-electron chi connectivity index (χ4n) is 1.38. The minimum atomic E-state index is -0.909. The second kappa shape index (κ2) is 5.97. The molecule has 1 amide bonds. The van der Waals surface area contributed by atoms with E-state index < -0.39 is 5.97 Å². The molecule has 0 radical (unpaired) electrons. The molecule has 0 saturated heterocycles. The molecule has 1 aromatic rings. The van der Waals surface area contributed by atoms with Crippen molar-refractivity contribution in [3.63, 3.8) is 0 Å². The third-order valence-electron chi connectivity index (χ3n) is 2.43. The van der Waals surface area contributed by atoms with E-state index in [0.717, 1.165) is 5.69 Å². The van der Waals surface area contributed by atoms with Crippen LogP contribution in [0, 0.1) is 6.92 Å². The van der Waals surface area contributed by atoms with E-state index in [9.17, 15) is 9.59 Å². The molecule has 0 bridgehead atoms. The van der Waals surface area contributed by atoms with Crippen LogP contribution in [0.4, 0.5) is 0 Å². The molecule has 1 heterocycles. The molecule has 7 heteroatoms. The zero-order valence-electron chi connectivity index (χ0n) is 9.96. The number of carbonyl (C=O) groups excluding carboxylic acids is 1. The highest BCUT2D eigenvalue weighted by Gasteiger charge is 2.14. The van der Waals surface area contributed by atoms with Crippen LogP contribution in [-0.4, -0.2) is 50.0 Å². The van der Waals surface area contributed by atoms with Crippen molar-refractivity contribution in [1.29, 1.82) is 0 Å². The summed E-state index contributed by atoms with van der Waals surface area (Å²) in [6.45, 7) is 4.42. The lowest BCUT2D eigenvalue weighted by molar-refractivity contribution is -0.138. The van der Waals surface area contributed by atoms with Gasteiger partial charge in [-0.2, -0.15) is 0 Å². The van der Waals surface area contributed by atoms with Crippen LogP contribution in [0.2, 0.25) is 0 Å². The molecule has 0 aliphatic carbocycles. The molecule has 0 aromatic carbocycles. The number of hydrogen-bond acceptors (Lipinski definition) is 4. The van der Waals surface area contributed by atoms with Crippen LogP contribution in [0.1, 0.15) is 19.0 Å². The molecule has 0 aliphatic rings. The molecule has 0 unspecified atom stereocenters. The molecule has 1 aromatic heterocycles. The normalized spacial score (nSPS) is 10.2. The summed E-state index contributed by atoms with van der Waals surface area (Å²) in [5.41, 5.74) is 0.799. The van der Waals surface area contributed by atoms with Gasteiger partial charge in [0.2, 0.25) is 5.91 Å². The van der Waals surface area contributed by atoms with Crippen LogP contribution < -0.4 is 0 Å². The number of aryl methyl sites for hydroxylation is 1. The van der Waals surface area contributed by atoms with Gasteiger partial charge in [0.05, 0.1) is 18.3 Å². The third-order valence-corrected chi connectivity index (χ3v) is 2.43. The standard InChI is InChI=1S/C10H16N4O3/c1-3-13(5-4-10(16)17)9(15)7-14-8(2)6-11-12-14/h6H,3-5,7H2,1-2H3,(H,16,17). The number of carbonyl (C=O) groups is 2. The van der Waals surface area contributed by atoms with E-state index in [1.165, 1.54) is 9.58 Å². The lowest BCUT2D eigenvalue weighted by atomic mass is 10.3. The van der Waals surface area contributed by atoms with Crippen molar-refractivity contribution in [2.45, 2.75) is 26.8 Å². The number of nitrogens with zero attached hydrogens (tertiary/aromatic N) is 4. The second-order valence-corrected chi connectivity index (χ2v) is 3.65. The monoisotopic (exact) mass is 240 g/mol. The fraction of sp³-hybridized carbons (Fsp3) is 0.600. The average Bonchev–Trinajstić information content (AvgIpc) is 2.65. The van der Waals surface area contributed by atoms with Gasteiger partial charge in [-0.1, -0.05) is 5.21 Å². The zero-order valence-corrected chi connectivity index (χ0v) is 9.96. The average molecular weight is 240 g/mol. The number of carboxylic acid groups (broad SMARTS) is 1. The van der Waals surface area contributed by atoms with Crippen molar-refractivity contribution in [3.05, 3.63) is 11.9 Å². The summed E-state index contributed by atoms with van der Waals surface area (Å²) in [5, 5.41) is 16.0. The van der Waals surface area contributed by atoms with Crippen LogP contribution in [0.25, 0.3) is 0 Å². The van der Waals surface area contributed by atoms with Gasteiger partial charge in [-0.3, -0.25) is 9.59 Å². The zero-order chi connectivity index (χ0) is 12.8. The quantitative estimate of drug-likeness (QED) is 0.750. The van der Waals surface area contributed by atoms with Gasteiger partial charge in [0.15, 0.2) is 0 Å². The summed E-state index contributed by atoms with van der Waals surface area (Å²) < 4.78 is 1.49. The maximum Gasteiger partial charge on any atom is 0.305 e. The first-order chi connectivity index (χ1) is 8.04. The van der Waals surface area contributed by atoms with Gasteiger partial charge < -0.3 is 10.0 Å². The molecule has 0 saturated carbocycles. The summed E-state index contributed by atoms with van der Waals surface area (Å²) in [5.74, 6) is -1.06. The van der Waals surface area contributed by atoms with Crippen LogP contribution in [-0.2, 0) is 16.1 Å². The molecule has 0 spiro atoms. The highest BCUT2D eigenvalue weighted by Crippen LogP contribution is 1.98. The van der Waals surface area contributed by atoms with Crippen LogP contribution in [0.15, 0.2) is 6.20 Å². The number of aliphatic carboxylic acids is 1. The Hall–Kier alpha value is -1.92. The number of amides is 1. The van der Waals surface area contributed by atoms with E-state index in [1.807, 2.05) is 6.92 Å². The molecule has 17 heavy (non-hydrogen) atoms. The summed E-state index contributed by atoms with van der Waals surface area (Å²) in [7, 11) is 0. The number of likely N-dealkylation sites (N-methyl/N-ethyl adjacent to an activating group) is 1. The maximum absolute atomic E-state index is 11.9. The Morgan fingerprint density at radius 3 is 2.71 bits per heavy atom. The predicted molar refractivity (Wildman–Crippen MR) is 59.3 cm³/mol. The number of rotatable bonds is 6. The first kappa shape index (κ1) is 13.1. The van der Waals surface area contributed by atoms with E-state index >= 15 is 0 Å². The number of aromatic nitrogens is 3. The van der Waals surface area contributed by atoms with E-state index in [4.69, 9.17) is 5.11 Å². The summed E-state index contributed by atoms with van der Waals surface area (Å²) >= 11 is 0. The Morgan fingerprint density at radius 1 is 1.53 bits per heavy atom. The van der Waals surface area contributed by atoms with Gasteiger partial charge in [0, 0.05) is 13.1 Å². The molecule has 94 valence electrons. The summed E-state index contributed by atoms with van der Waals surface area (Å²) in [4.78, 5) is 23.8.